The third-order valence-corrected chi connectivity index (χ3v) is 0.626. The lowest BCUT2D eigenvalue weighted by Gasteiger charge is -1.86. The number of allylic oxidation sites excluding steroid dienone is 1. The van der Waals surface area contributed by atoms with Gasteiger partial charge < -0.3 is 4.74 Å². The predicted molar refractivity (Wildman–Crippen MR) is 27.9 cm³/mol. The van der Waals surface area contributed by atoms with Crippen LogP contribution < -0.4 is 0 Å². The van der Waals surface area contributed by atoms with E-state index >= 15 is 0 Å². The maximum absolute atomic E-state index is 4.78. The summed E-state index contributed by atoms with van der Waals surface area (Å²) in [5.74, 6) is 0. The molecule has 1 radical (unpaired) electrons. The second kappa shape index (κ2) is 2.39. The van der Waals surface area contributed by atoms with Gasteiger partial charge in [0.05, 0.1) is 6.26 Å². The van der Waals surface area contributed by atoms with Crippen molar-refractivity contribution < 1.29 is 4.74 Å². The van der Waals surface area contributed by atoms with Crippen LogP contribution in [0.5, 0.6) is 0 Å². The summed E-state index contributed by atoms with van der Waals surface area (Å²) in [7, 11) is 0. The zero-order valence-electron chi connectivity index (χ0n) is 3.87. The van der Waals surface area contributed by atoms with E-state index in [1.165, 1.54) is 0 Å². The molecule has 0 aromatic rings. The van der Waals surface area contributed by atoms with E-state index in [4.69, 9.17) is 4.74 Å². The molecule has 0 saturated carbocycles. The van der Waals surface area contributed by atoms with Gasteiger partial charge in [-0.15, -0.1) is 0 Å². The van der Waals surface area contributed by atoms with Crippen LogP contribution in [0.25, 0.3) is 0 Å². The fourth-order valence-corrected chi connectivity index (χ4v) is 0.341. The SMILES string of the molecule is [CH]1C=COCN=C1. The molecule has 0 N–H and O–H groups in total. The van der Waals surface area contributed by atoms with Crippen molar-refractivity contribution in [3.05, 3.63) is 18.8 Å². The van der Waals surface area contributed by atoms with E-state index in [1.807, 2.05) is 6.42 Å². The molecule has 0 aromatic carbocycles. The monoisotopic (exact) mass is 96.0 g/mol. The third kappa shape index (κ3) is 1.39. The standard InChI is InChI=1S/C5H6NO/c1-2-4-7-5-6-3-1/h1-4H,5H2. The number of ether oxygens (including phenoxy) is 1. The largest absolute Gasteiger partial charge is 0.479 e. The summed E-state index contributed by atoms with van der Waals surface area (Å²) >= 11 is 0. The second-order valence-electron chi connectivity index (χ2n) is 1.15. The van der Waals surface area contributed by atoms with Gasteiger partial charge in [0.25, 0.3) is 0 Å². The summed E-state index contributed by atoms with van der Waals surface area (Å²) in [6.07, 6.45) is 6.96. The Bertz CT molecular complexity index is 84.3. The summed E-state index contributed by atoms with van der Waals surface area (Å²) in [5.41, 5.74) is 0. The van der Waals surface area contributed by atoms with Crippen LogP contribution in [0.15, 0.2) is 17.3 Å². The molecule has 0 atom stereocenters. The molecule has 2 nitrogen and oxygen atoms in total. The molecule has 37 valence electrons. The van der Waals surface area contributed by atoms with Crippen LogP contribution in [0.1, 0.15) is 0 Å². The Morgan fingerprint density at radius 1 is 1.57 bits per heavy atom. The van der Waals surface area contributed by atoms with E-state index in [9.17, 15) is 0 Å². The van der Waals surface area contributed by atoms with Crippen molar-refractivity contribution in [2.45, 2.75) is 0 Å². The molecule has 0 saturated heterocycles. The van der Waals surface area contributed by atoms with E-state index in [-0.39, 0.29) is 0 Å². The second-order valence-corrected chi connectivity index (χ2v) is 1.15. The fraction of sp³-hybridized carbons (Fsp3) is 0.200. The van der Waals surface area contributed by atoms with Crippen LogP contribution in [-0.2, 0) is 4.74 Å². The molecule has 0 amide bonds. The first-order chi connectivity index (χ1) is 3.50. The quantitative estimate of drug-likeness (QED) is 0.436. The minimum atomic E-state index is 0.451. The molecular formula is C5H6NO. The van der Waals surface area contributed by atoms with E-state index in [0.29, 0.717) is 6.73 Å². The van der Waals surface area contributed by atoms with Gasteiger partial charge >= 0.3 is 0 Å². The summed E-state index contributed by atoms with van der Waals surface area (Å²) in [5, 5.41) is 0. The highest BCUT2D eigenvalue weighted by molar-refractivity contribution is 5.70. The van der Waals surface area contributed by atoms with Crippen LogP contribution in [0, 0.1) is 6.42 Å². The Morgan fingerprint density at radius 3 is 3.57 bits per heavy atom. The molecule has 1 aliphatic heterocycles. The average molecular weight is 96.1 g/mol. The molecule has 1 aliphatic rings. The number of hydrogen-bond donors (Lipinski definition) is 0. The Balaban J connectivity index is 2.38. The lowest BCUT2D eigenvalue weighted by molar-refractivity contribution is 0.263. The number of aliphatic imine (C=N–C) groups is 1. The van der Waals surface area contributed by atoms with Gasteiger partial charge in [0.15, 0.2) is 6.73 Å². The predicted octanol–water partition coefficient (Wildman–Crippen LogP) is 0.763. The van der Waals surface area contributed by atoms with E-state index < -0.39 is 0 Å². The Morgan fingerprint density at radius 2 is 2.57 bits per heavy atom. The van der Waals surface area contributed by atoms with E-state index in [2.05, 4.69) is 4.99 Å². The van der Waals surface area contributed by atoms with Crippen LogP contribution in [0.2, 0.25) is 0 Å². The number of rotatable bonds is 0. The van der Waals surface area contributed by atoms with Crippen molar-refractivity contribution in [2.75, 3.05) is 6.73 Å². The highest BCUT2D eigenvalue weighted by Crippen LogP contribution is 1.85. The van der Waals surface area contributed by atoms with Gasteiger partial charge in [0.1, 0.15) is 0 Å². The van der Waals surface area contributed by atoms with Gasteiger partial charge in [-0.1, -0.05) is 0 Å². The summed E-state index contributed by atoms with van der Waals surface area (Å²) < 4.78 is 4.78. The molecule has 0 fully saturated rings. The first kappa shape index (κ1) is 4.37. The average Bonchev–Trinajstić information content (AvgIpc) is 1.90. The van der Waals surface area contributed by atoms with E-state index in [0.717, 1.165) is 0 Å². The summed E-state index contributed by atoms with van der Waals surface area (Å²) in [6, 6.07) is 0. The molecule has 0 spiro atoms. The molecular weight excluding hydrogens is 90.1 g/mol. The molecule has 2 heteroatoms. The zero-order valence-corrected chi connectivity index (χ0v) is 3.87. The van der Waals surface area contributed by atoms with Gasteiger partial charge in [0.2, 0.25) is 0 Å². The summed E-state index contributed by atoms with van der Waals surface area (Å²) in [4.78, 5) is 3.81. The number of hydrogen-bond acceptors (Lipinski definition) is 2. The van der Waals surface area contributed by atoms with Crippen molar-refractivity contribution in [2.24, 2.45) is 4.99 Å². The maximum atomic E-state index is 4.78. The number of nitrogens with zero attached hydrogens (tertiary/aromatic N) is 1. The molecule has 0 unspecified atom stereocenters. The smallest absolute Gasteiger partial charge is 0.177 e. The maximum Gasteiger partial charge on any atom is 0.177 e. The third-order valence-electron chi connectivity index (χ3n) is 0.626. The van der Waals surface area contributed by atoms with Gasteiger partial charge in [-0.2, -0.15) is 0 Å². The first-order valence-corrected chi connectivity index (χ1v) is 2.10. The van der Waals surface area contributed by atoms with Crippen molar-refractivity contribution >= 4 is 6.21 Å². The highest BCUT2D eigenvalue weighted by Gasteiger charge is 1.79. The van der Waals surface area contributed by atoms with Crippen LogP contribution in [-0.4, -0.2) is 12.9 Å². The fourth-order valence-electron chi connectivity index (χ4n) is 0.341. The Labute approximate surface area is 42.5 Å². The van der Waals surface area contributed by atoms with E-state index in [1.54, 1.807) is 18.6 Å². The van der Waals surface area contributed by atoms with Gasteiger partial charge in [-0.05, 0) is 6.08 Å². The Kier molecular flexibility index (Phi) is 1.50. The topological polar surface area (TPSA) is 21.6 Å². The van der Waals surface area contributed by atoms with Crippen LogP contribution in [0.3, 0.4) is 0 Å². The lowest BCUT2D eigenvalue weighted by Crippen LogP contribution is -1.76. The Hall–Kier alpha value is -0.790. The first-order valence-electron chi connectivity index (χ1n) is 2.10. The van der Waals surface area contributed by atoms with Gasteiger partial charge in [0, 0.05) is 12.6 Å². The van der Waals surface area contributed by atoms with Crippen molar-refractivity contribution in [1.29, 1.82) is 0 Å². The van der Waals surface area contributed by atoms with Gasteiger partial charge in [-0.25, -0.2) is 0 Å². The van der Waals surface area contributed by atoms with Gasteiger partial charge in [-0.3, -0.25) is 4.99 Å². The molecule has 0 aromatic heterocycles. The van der Waals surface area contributed by atoms with Crippen molar-refractivity contribution in [3.8, 4) is 0 Å². The van der Waals surface area contributed by atoms with Crippen molar-refractivity contribution in [3.63, 3.8) is 0 Å². The normalized spacial score (nSPS) is 18.3. The summed E-state index contributed by atoms with van der Waals surface area (Å²) in [6.45, 7) is 0.451. The highest BCUT2D eigenvalue weighted by atomic mass is 16.5. The molecule has 7 heavy (non-hydrogen) atoms. The molecule has 0 aliphatic carbocycles. The molecule has 1 rings (SSSR count). The molecule has 1 heterocycles. The molecule has 0 bridgehead atoms. The zero-order chi connectivity index (χ0) is 4.95. The minimum Gasteiger partial charge on any atom is -0.479 e. The minimum absolute atomic E-state index is 0.451. The lowest BCUT2D eigenvalue weighted by atomic mass is 10.5. The van der Waals surface area contributed by atoms with Crippen LogP contribution >= 0.6 is 0 Å². The van der Waals surface area contributed by atoms with Crippen LogP contribution in [0.4, 0.5) is 0 Å². The van der Waals surface area contributed by atoms with Crippen molar-refractivity contribution in [1.82, 2.24) is 0 Å².